The summed E-state index contributed by atoms with van der Waals surface area (Å²) in [6.07, 6.45) is 1.82. The van der Waals surface area contributed by atoms with Crippen molar-refractivity contribution in [2.45, 2.75) is 32.9 Å². The molecule has 0 bridgehead atoms. The summed E-state index contributed by atoms with van der Waals surface area (Å²) in [7, 11) is 1.96. The van der Waals surface area contributed by atoms with Gasteiger partial charge in [0, 0.05) is 31.9 Å². The van der Waals surface area contributed by atoms with Crippen LogP contribution in [0.15, 0.2) is 12.3 Å². The summed E-state index contributed by atoms with van der Waals surface area (Å²) in [4.78, 5) is 0. The van der Waals surface area contributed by atoms with E-state index < -0.39 is 0 Å². The van der Waals surface area contributed by atoms with Gasteiger partial charge in [-0.15, -0.1) is 0 Å². The molecule has 0 aliphatic rings. The van der Waals surface area contributed by atoms with Crippen LogP contribution in [0.2, 0.25) is 0 Å². The molecule has 15 heavy (non-hydrogen) atoms. The second-order valence-corrected chi connectivity index (χ2v) is 3.83. The highest BCUT2D eigenvalue weighted by Crippen LogP contribution is 2.10. The van der Waals surface area contributed by atoms with E-state index in [0.717, 1.165) is 13.2 Å². The van der Waals surface area contributed by atoms with Gasteiger partial charge in [0.15, 0.2) is 0 Å². The largest absolute Gasteiger partial charge is 0.380 e. The average molecular weight is 211 g/mol. The molecule has 1 heterocycles. The van der Waals surface area contributed by atoms with Crippen LogP contribution >= 0.6 is 0 Å². The van der Waals surface area contributed by atoms with Gasteiger partial charge in [-0.3, -0.25) is 4.68 Å². The summed E-state index contributed by atoms with van der Waals surface area (Å²) in [6.45, 7) is 7.80. The molecule has 1 N–H and O–H groups in total. The van der Waals surface area contributed by atoms with Gasteiger partial charge >= 0.3 is 0 Å². The smallest absolute Gasteiger partial charge is 0.0616 e. The number of hydrogen-bond acceptors (Lipinski definition) is 3. The third-order valence-electron chi connectivity index (χ3n) is 2.41. The second-order valence-electron chi connectivity index (χ2n) is 3.83. The number of aryl methyl sites for hydroxylation is 1. The number of rotatable bonds is 6. The third-order valence-corrected chi connectivity index (χ3v) is 2.41. The van der Waals surface area contributed by atoms with E-state index in [0.29, 0.717) is 12.1 Å². The normalized spacial score (nSPS) is 15.2. The topological polar surface area (TPSA) is 39.1 Å². The van der Waals surface area contributed by atoms with Crippen LogP contribution < -0.4 is 5.32 Å². The predicted octanol–water partition coefficient (Wildman–Crippen LogP) is 1.50. The molecule has 1 aromatic rings. The van der Waals surface area contributed by atoms with Crippen molar-refractivity contribution in [2.75, 3.05) is 13.2 Å². The lowest BCUT2D eigenvalue weighted by atomic mass is 10.2. The van der Waals surface area contributed by atoms with Crippen LogP contribution in [0.3, 0.4) is 0 Å². The number of nitrogens with zero attached hydrogens (tertiary/aromatic N) is 2. The molecule has 0 amide bonds. The van der Waals surface area contributed by atoms with Gasteiger partial charge in [-0.1, -0.05) is 0 Å². The van der Waals surface area contributed by atoms with E-state index in [1.807, 2.05) is 30.9 Å². The zero-order chi connectivity index (χ0) is 11.3. The van der Waals surface area contributed by atoms with Crippen LogP contribution in [0.4, 0.5) is 0 Å². The molecule has 0 spiro atoms. The van der Waals surface area contributed by atoms with Gasteiger partial charge in [0.2, 0.25) is 0 Å². The Morgan fingerprint density at radius 3 is 2.80 bits per heavy atom. The highest BCUT2D eigenvalue weighted by Gasteiger charge is 2.11. The first kappa shape index (κ1) is 12.2. The van der Waals surface area contributed by atoms with E-state index in [-0.39, 0.29) is 0 Å². The van der Waals surface area contributed by atoms with Gasteiger partial charge in [0.05, 0.1) is 12.3 Å². The van der Waals surface area contributed by atoms with Crippen molar-refractivity contribution in [3.8, 4) is 0 Å². The SMILES string of the molecule is CCOCC(C)NC(C)c1ccnn1C. The summed E-state index contributed by atoms with van der Waals surface area (Å²) in [5, 5.41) is 7.62. The molecule has 2 atom stereocenters. The van der Waals surface area contributed by atoms with Crippen LogP contribution in [-0.2, 0) is 11.8 Å². The third kappa shape index (κ3) is 3.64. The summed E-state index contributed by atoms with van der Waals surface area (Å²) >= 11 is 0. The summed E-state index contributed by atoms with van der Waals surface area (Å²) in [6, 6.07) is 2.69. The fourth-order valence-corrected chi connectivity index (χ4v) is 1.66. The quantitative estimate of drug-likeness (QED) is 0.775. The molecular weight excluding hydrogens is 190 g/mol. The van der Waals surface area contributed by atoms with Crippen molar-refractivity contribution in [3.63, 3.8) is 0 Å². The molecule has 0 aliphatic heterocycles. The monoisotopic (exact) mass is 211 g/mol. The Hall–Kier alpha value is -0.870. The Labute approximate surface area is 91.6 Å². The van der Waals surface area contributed by atoms with Crippen molar-refractivity contribution in [3.05, 3.63) is 18.0 Å². The molecule has 0 radical (unpaired) electrons. The molecule has 4 heteroatoms. The van der Waals surface area contributed by atoms with Crippen molar-refractivity contribution in [1.82, 2.24) is 15.1 Å². The van der Waals surface area contributed by atoms with Gasteiger partial charge in [0.1, 0.15) is 0 Å². The minimum atomic E-state index is 0.299. The first-order chi connectivity index (χ1) is 7.15. The lowest BCUT2D eigenvalue weighted by Crippen LogP contribution is -2.33. The van der Waals surface area contributed by atoms with E-state index in [9.17, 15) is 0 Å². The number of ether oxygens (including phenoxy) is 1. The van der Waals surface area contributed by atoms with Gasteiger partial charge in [-0.25, -0.2) is 0 Å². The number of nitrogens with one attached hydrogen (secondary N) is 1. The van der Waals surface area contributed by atoms with Crippen LogP contribution in [0.5, 0.6) is 0 Å². The van der Waals surface area contributed by atoms with E-state index in [1.165, 1.54) is 5.69 Å². The van der Waals surface area contributed by atoms with Gasteiger partial charge in [0.25, 0.3) is 0 Å². The Morgan fingerprint density at radius 2 is 2.27 bits per heavy atom. The fourth-order valence-electron chi connectivity index (χ4n) is 1.66. The van der Waals surface area contributed by atoms with E-state index in [2.05, 4.69) is 24.3 Å². The van der Waals surface area contributed by atoms with E-state index >= 15 is 0 Å². The molecule has 4 nitrogen and oxygen atoms in total. The van der Waals surface area contributed by atoms with Gasteiger partial charge in [-0.2, -0.15) is 5.10 Å². The van der Waals surface area contributed by atoms with Crippen LogP contribution in [-0.4, -0.2) is 29.0 Å². The summed E-state index contributed by atoms with van der Waals surface area (Å²) in [5.74, 6) is 0. The first-order valence-corrected chi connectivity index (χ1v) is 5.46. The molecule has 0 fully saturated rings. The Bertz CT molecular complexity index is 285. The molecule has 0 saturated carbocycles. The molecule has 2 unspecified atom stereocenters. The predicted molar refractivity (Wildman–Crippen MR) is 60.7 cm³/mol. The fraction of sp³-hybridized carbons (Fsp3) is 0.727. The molecule has 0 saturated heterocycles. The molecule has 1 rings (SSSR count). The van der Waals surface area contributed by atoms with Crippen molar-refractivity contribution in [1.29, 1.82) is 0 Å². The molecule has 0 aliphatic carbocycles. The highest BCUT2D eigenvalue weighted by molar-refractivity contribution is 5.05. The number of hydrogen-bond donors (Lipinski definition) is 1. The Balaban J connectivity index is 2.42. The van der Waals surface area contributed by atoms with Crippen LogP contribution in [0, 0.1) is 0 Å². The lowest BCUT2D eigenvalue weighted by Gasteiger charge is -2.19. The molecule has 0 aromatic carbocycles. The van der Waals surface area contributed by atoms with Crippen LogP contribution in [0.25, 0.3) is 0 Å². The maximum Gasteiger partial charge on any atom is 0.0616 e. The summed E-state index contributed by atoms with van der Waals surface area (Å²) < 4.78 is 7.25. The number of aromatic nitrogens is 2. The minimum absolute atomic E-state index is 0.299. The first-order valence-electron chi connectivity index (χ1n) is 5.46. The maximum atomic E-state index is 5.36. The maximum absolute atomic E-state index is 5.36. The van der Waals surface area contributed by atoms with E-state index in [1.54, 1.807) is 0 Å². The van der Waals surface area contributed by atoms with Gasteiger partial charge < -0.3 is 10.1 Å². The highest BCUT2D eigenvalue weighted by atomic mass is 16.5. The van der Waals surface area contributed by atoms with Crippen molar-refractivity contribution in [2.24, 2.45) is 7.05 Å². The molecular formula is C11H21N3O. The Kier molecular flexibility index (Phi) is 4.78. The van der Waals surface area contributed by atoms with Crippen LogP contribution in [0.1, 0.15) is 32.5 Å². The zero-order valence-electron chi connectivity index (χ0n) is 10.0. The molecule has 1 aromatic heterocycles. The standard InChI is InChI=1S/C11H21N3O/c1-5-15-8-9(2)13-10(3)11-6-7-12-14(11)4/h6-7,9-10,13H,5,8H2,1-4H3. The lowest BCUT2D eigenvalue weighted by molar-refractivity contribution is 0.124. The van der Waals surface area contributed by atoms with Crippen molar-refractivity contribution >= 4 is 0 Å². The van der Waals surface area contributed by atoms with E-state index in [4.69, 9.17) is 4.74 Å². The Morgan fingerprint density at radius 1 is 1.53 bits per heavy atom. The summed E-state index contributed by atoms with van der Waals surface area (Å²) in [5.41, 5.74) is 1.19. The zero-order valence-corrected chi connectivity index (χ0v) is 10.0. The second kappa shape index (κ2) is 5.88. The van der Waals surface area contributed by atoms with Crippen molar-refractivity contribution < 1.29 is 4.74 Å². The molecule has 86 valence electrons. The minimum Gasteiger partial charge on any atom is -0.380 e. The average Bonchev–Trinajstić information content (AvgIpc) is 2.61. The van der Waals surface area contributed by atoms with Gasteiger partial charge in [-0.05, 0) is 26.8 Å².